The molecule has 4 unspecified atom stereocenters. The Morgan fingerprint density at radius 3 is 2.24 bits per heavy atom. The third-order valence-electron chi connectivity index (χ3n) is 7.51. The summed E-state index contributed by atoms with van der Waals surface area (Å²) in [5.74, 6) is -9.62. The molecule has 0 saturated carbocycles. The summed E-state index contributed by atoms with van der Waals surface area (Å²) in [6.07, 6.45) is -7.34. The summed E-state index contributed by atoms with van der Waals surface area (Å²) in [5, 5.41) is 52.4. The minimum absolute atomic E-state index is 0.137. The first-order valence-electron chi connectivity index (χ1n) is 13.2. The zero-order valence-corrected chi connectivity index (χ0v) is 23.0. The number of hydrogen-bond donors (Lipinski definition) is 5. The number of aliphatic carboxylic acids is 3. The Balaban J connectivity index is 1.99. The van der Waals surface area contributed by atoms with Gasteiger partial charge in [0.15, 0.2) is 5.79 Å². The number of carboxylic acid groups (broad SMARTS) is 3. The van der Waals surface area contributed by atoms with Crippen LogP contribution in [0.15, 0.2) is 42.5 Å². The van der Waals surface area contributed by atoms with Crippen LogP contribution in [0, 0.1) is 5.92 Å². The first-order valence-corrected chi connectivity index (χ1v) is 13.2. The molecule has 41 heavy (non-hydrogen) atoms. The molecule has 2 fully saturated rings. The maximum absolute atomic E-state index is 12.7. The highest BCUT2D eigenvalue weighted by Gasteiger charge is 2.85. The van der Waals surface area contributed by atoms with E-state index in [1.807, 2.05) is 37.3 Å². The number of esters is 1. The average molecular weight is 581 g/mol. The van der Waals surface area contributed by atoms with Crippen molar-refractivity contribution in [2.24, 2.45) is 5.92 Å². The second kappa shape index (κ2) is 12.2. The second-order valence-electron chi connectivity index (χ2n) is 10.5. The van der Waals surface area contributed by atoms with E-state index >= 15 is 0 Å². The van der Waals surface area contributed by atoms with E-state index in [0.717, 1.165) is 5.56 Å². The molecule has 8 atom stereocenters. The number of carbonyl (C=O) groups excluding carboxylic acids is 1. The van der Waals surface area contributed by atoms with Crippen LogP contribution in [0.2, 0.25) is 0 Å². The number of benzene rings is 1. The second-order valence-corrected chi connectivity index (χ2v) is 10.5. The fraction of sp³-hybridized carbons (Fsp3) is 0.571. The normalized spacial score (nSPS) is 32.1. The third kappa shape index (κ3) is 5.60. The van der Waals surface area contributed by atoms with Gasteiger partial charge < -0.3 is 44.5 Å². The van der Waals surface area contributed by atoms with Crippen molar-refractivity contribution in [1.29, 1.82) is 0 Å². The lowest BCUT2D eigenvalue weighted by Crippen LogP contribution is -2.78. The van der Waals surface area contributed by atoms with E-state index in [1.165, 1.54) is 6.92 Å². The largest absolute Gasteiger partial charge is 0.479 e. The Hall–Kier alpha value is -3.36. The lowest BCUT2D eigenvalue weighted by molar-refractivity contribution is -0.374. The van der Waals surface area contributed by atoms with E-state index in [0.29, 0.717) is 18.4 Å². The zero-order valence-electron chi connectivity index (χ0n) is 23.0. The van der Waals surface area contributed by atoms with Crippen LogP contribution in [0.25, 0.3) is 0 Å². The molecule has 1 aromatic rings. The lowest BCUT2D eigenvalue weighted by atomic mass is 9.74. The van der Waals surface area contributed by atoms with Gasteiger partial charge in [0.2, 0.25) is 17.3 Å². The van der Waals surface area contributed by atoms with Crippen molar-refractivity contribution in [2.75, 3.05) is 6.61 Å². The monoisotopic (exact) mass is 580 g/mol. The highest BCUT2D eigenvalue weighted by atomic mass is 16.8. The van der Waals surface area contributed by atoms with E-state index in [9.17, 15) is 44.7 Å². The summed E-state index contributed by atoms with van der Waals surface area (Å²) in [4.78, 5) is 49.0. The van der Waals surface area contributed by atoms with Crippen molar-refractivity contribution >= 4 is 23.9 Å². The van der Waals surface area contributed by atoms with Crippen LogP contribution in [-0.2, 0) is 44.5 Å². The molecular formula is C28H36O13. The molecule has 13 nitrogen and oxygen atoms in total. The summed E-state index contributed by atoms with van der Waals surface area (Å²) in [6.45, 7) is 8.55. The van der Waals surface area contributed by atoms with Crippen LogP contribution in [-0.4, -0.2) is 97.4 Å². The topological polar surface area (TPSA) is 206 Å². The van der Waals surface area contributed by atoms with Gasteiger partial charge in [-0.2, -0.15) is 0 Å². The fourth-order valence-electron chi connectivity index (χ4n) is 5.60. The molecule has 2 aliphatic rings. The number of ether oxygens (including phenoxy) is 4. The zero-order chi connectivity index (χ0) is 30.8. The number of aliphatic hydroxyl groups excluding tert-OH is 1. The lowest BCUT2D eigenvalue weighted by Gasteiger charge is -2.49. The van der Waals surface area contributed by atoms with Crippen molar-refractivity contribution in [1.82, 2.24) is 0 Å². The molecule has 3 rings (SSSR count). The molecule has 2 bridgehead atoms. The molecule has 1 aromatic carbocycles. The van der Waals surface area contributed by atoms with E-state index in [2.05, 4.69) is 6.58 Å². The summed E-state index contributed by atoms with van der Waals surface area (Å²) in [5.41, 5.74) is -5.66. The molecule has 2 saturated heterocycles. The van der Waals surface area contributed by atoms with Gasteiger partial charge in [0.25, 0.3) is 0 Å². The molecule has 2 aliphatic heterocycles. The average Bonchev–Trinajstić information content (AvgIpc) is 3.13. The van der Waals surface area contributed by atoms with Crippen LogP contribution < -0.4 is 0 Å². The summed E-state index contributed by atoms with van der Waals surface area (Å²) < 4.78 is 22.2. The number of aliphatic hydroxyl groups is 2. The van der Waals surface area contributed by atoms with Gasteiger partial charge in [-0.25, -0.2) is 14.4 Å². The molecule has 0 aliphatic carbocycles. The van der Waals surface area contributed by atoms with Gasteiger partial charge in [-0.1, -0.05) is 50.8 Å². The van der Waals surface area contributed by atoms with E-state index in [1.54, 1.807) is 6.92 Å². The number of carbonyl (C=O) groups is 4. The maximum Gasteiger partial charge on any atom is 0.343 e. The van der Waals surface area contributed by atoms with Gasteiger partial charge in [-0.3, -0.25) is 4.79 Å². The first kappa shape index (κ1) is 32.2. The third-order valence-corrected chi connectivity index (χ3v) is 7.51. The van der Waals surface area contributed by atoms with Crippen molar-refractivity contribution < 1.29 is 63.7 Å². The van der Waals surface area contributed by atoms with Gasteiger partial charge >= 0.3 is 23.9 Å². The van der Waals surface area contributed by atoms with Gasteiger partial charge in [0.05, 0.1) is 0 Å². The Morgan fingerprint density at radius 2 is 1.73 bits per heavy atom. The predicted octanol–water partition coefficient (Wildman–Crippen LogP) is 1.14. The quantitative estimate of drug-likeness (QED) is 0.155. The fourth-order valence-corrected chi connectivity index (χ4v) is 5.60. The van der Waals surface area contributed by atoms with Gasteiger partial charge in [0.1, 0.15) is 18.3 Å². The summed E-state index contributed by atoms with van der Waals surface area (Å²) in [7, 11) is 0. The number of hydrogen-bond acceptors (Lipinski definition) is 10. The molecule has 2 heterocycles. The Kier molecular flexibility index (Phi) is 9.61. The number of carboxylic acids is 3. The minimum Gasteiger partial charge on any atom is -0.479 e. The smallest absolute Gasteiger partial charge is 0.343 e. The van der Waals surface area contributed by atoms with Crippen LogP contribution in [0.1, 0.15) is 45.6 Å². The summed E-state index contributed by atoms with van der Waals surface area (Å²) in [6, 6.07) is 9.38. The Labute approximate surface area is 236 Å². The molecular weight excluding hydrogens is 544 g/mol. The highest BCUT2D eigenvalue weighted by Crippen LogP contribution is 2.55. The van der Waals surface area contributed by atoms with E-state index in [4.69, 9.17) is 18.9 Å². The standard InChI is InChI=1S/C28H36O13/c1-5-13-38-21-20(30)26(40-22(23(31)32)27(37,24(33)34)28(21,41-26)25(35)36)12-11-15(2)19(39-17(4)29)16(3)14-18-9-7-6-8-10-18/h6-10,16,19-22,30,37H,2,5,11-14H2,1,3-4H3,(H,31,32)(H,33,34)(H,35,36)/t16-,19-,20-,21-,22?,26?,27?,28?/m1/s1. The maximum atomic E-state index is 12.7. The molecule has 13 heteroatoms. The molecule has 0 amide bonds. The van der Waals surface area contributed by atoms with Crippen molar-refractivity contribution in [3.8, 4) is 0 Å². The minimum atomic E-state index is -3.69. The SMILES string of the molecule is C=C(CCC12OC(C(=O)O)C(O)(C(=O)O)C(C(=O)O)(O1)[C@H](OCCC)[C@H]2O)[C@@H](OC(C)=O)[C@H](C)Cc1ccccc1. The molecule has 0 spiro atoms. The summed E-state index contributed by atoms with van der Waals surface area (Å²) >= 11 is 0. The predicted molar refractivity (Wildman–Crippen MR) is 139 cm³/mol. The van der Waals surface area contributed by atoms with Crippen molar-refractivity contribution in [2.45, 2.75) is 87.9 Å². The van der Waals surface area contributed by atoms with Crippen molar-refractivity contribution in [3.05, 3.63) is 48.0 Å². The molecule has 226 valence electrons. The van der Waals surface area contributed by atoms with Gasteiger partial charge in [-0.15, -0.1) is 0 Å². The van der Waals surface area contributed by atoms with E-state index < -0.39 is 71.7 Å². The van der Waals surface area contributed by atoms with Gasteiger partial charge in [-0.05, 0) is 30.4 Å². The Morgan fingerprint density at radius 1 is 1.10 bits per heavy atom. The van der Waals surface area contributed by atoms with Gasteiger partial charge in [0, 0.05) is 25.9 Å². The molecule has 0 radical (unpaired) electrons. The molecule has 5 N–H and O–H groups in total. The Bertz CT molecular complexity index is 1170. The van der Waals surface area contributed by atoms with Crippen LogP contribution in [0.5, 0.6) is 0 Å². The van der Waals surface area contributed by atoms with E-state index in [-0.39, 0.29) is 18.9 Å². The number of rotatable bonds is 14. The first-order chi connectivity index (χ1) is 19.2. The van der Waals surface area contributed by atoms with Crippen molar-refractivity contribution in [3.63, 3.8) is 0 Å². The van der Waals surface area contributed by atoms with Crippen LogP contribution in [0.3, 0.4) is 0 Å². The highest BCUT2D eigenvalue weighted by molar-refractivity contribution is 5.97. The molecule has 0 aromatic heterocycles. The van der Waals surface area contributed by atoms with Crippen LogP contribution >= 0.6 is 0 Å². The number of fused-ring (bicyclic) bond motifs is 2. The van der Waals surface area contributed by atoms with Crippen LogP contribution in [0.4, 0.5) is 0 Å².